The van der Waals surface area contributed by atoms with Gasteiger partial charge in [-0.15, -0.1) is 0 Å². The van der Waals surface area contributed by atoms with E-state index >= 15 is 0 Å². The van der Waals surface area contributed by atoms with Gasteiger partial charge in [0.1, 0.15) is 0 Å². The molecule has 0 saturated carbocycles. The third kappa shape index (κ3) is 1.79. The van der Waals surface area contributed by atoms with Crippen LogP contribution in [0.1, 0.15) is 30.4 Å². The van der Waals surface area contributed by atoms with Crippen LogP contribution in [0.3, 0.4) is 0 Å². The fourth-order valence-corrected chi connectivity index (χ4v) is 4.34. The molecule has 23 heavy (non-hydrogen) atoms. The summed E-state index contributed by atoms with van der Waals surface area (Å²) >= 11 is 0. The SMILES string of the molecule is COc1cc2c(cc1OC)C13CCC(=O)C=C1CC(=O)N3CC2. The van der Waals surface area contributed by atoms with Crippen molar-refractivity contribution in [2.75, 3.05) is 20.8 Å². The molecule has 1 saturated heterocycles. The molecular weight excluding hydrogens is 294 g/mol. The summed E-state index contributed by atoms with van der Waals surface area (Å²) in [4.78, 5) is 26.3. The largest absolute Gasteiger partial charge is 0.493 e. The van der Waals surface area contributed by atoms with Crippen molar-refractivity contribution in [1.82, 2.24) is 4.90 Å². The van der Waals surface area contributed by atoms with Crippen LogP contribution in [0.15, 0.2) is 23.8 Å². The highest BCUT2D eigenvalue weighted by Crippen LogP contribution is 2.53. The minimum absolute atomic E-state index is 0.117. The van der Waals surface area contributed by atoms with E-state index in [1.165, 1.54) is 5.56 Å². The molecule has 1 atom stereocenters. The van der Waals surface area contributed by atoms with E-state index in [2.05, 4.69) is 0 Å². The average molecular weight is 313 g/mol. The molecule has 1 aromatic carbocycles. The van der Waals surface area contributed by atoms with Crippen LogP contribution in [-0.4, -0.2) is 37.4 Å². The predicted octanol–water partition coefficient (Wildman–Crippen LogP) is 1.98. The number of carbonyl (C=O) groups excluding carboxylic acids is 2. The van der Waals surface area contributed by atoms with Crippen LogP contribution in [0.25, 0.3) is 0 Å². The maximum absolute atomic E-state index is 12.5. The Morgan fingerprint density at radius 3 is 2.57 bits per heavy atom. The fourth-order valence-electron chi connectivity index (χ4n) is 4.34. The number of nitrogens with zero attached hydrogens (tertiary/aromatic N) is 1. The van der Waals surface area contributed by atoms with Gasteiger partial charge in [-0.2, -0.15) is 0 Å². The van der Waals surface area contributed by atoms with Crippen molar-refractivity contribution >= 4 is 11.7 Å². The molecule has 4 rings (SSSR count). The number of rotatable bonds is 2. The second kappa shape index (κ2) is 4.85. The van der Waals surface area contributed by atoms with Crippen molar-refractivity contribution in [3.63, 3.8) is 0 Å². The Labute approximate surface area is 134 Å². The summed E-state index contributed by atoms with van der Waals surface area (Å²) in [5.74, 6) is 1.61. The first kappa shape index (κ1) is 14.3. The van der Waals surface area contributed by atoms with Gasteiger partial charge in [0.2, 0.25) is 5.91 Å². The quantitative estimate of drug-likeness (QED) is 0.838. The molecule has 0 N–H and O–H groups in total. The highest BCUT2D eigenvalue weighted by molar-refractivity contribution is 5.96. The molecule has 0 radical (unpaired) electrons. The zero-order valence-corrected chi connectivity index (χ0v) is 13.3. The van der Waals surface area contributed by atoms with Crippen molar-refractivity contribution in [2.24, 2.45) is 0 Å². The summed E-state index contributed by atoms with van der Waals surface area (Å²) < 4.78 is 10.9. The summed E-state index contributed by atoms with van der Waals surface area (Å²) in [6.07, 6.45) is 3.96. The standard InChI is InChI=1S/C18H19NO4/c1-22-15-7-11-4-6-19-17(21)9-12-8-13(20)3-5-18(12,19)14(11)10-16(15)23-2/h7-8,10H,3-6,9H2,1-2H3. The van der Waals surface area contributed by atoms with Crippen molar-refractivity contribution < 1.29 is 19.1 Å². The normalized spacial score (nSPS) is 25.5. The van der Waals surface area contributed by atoms with E-state index in [4.69, 9.17) is 9.47 Å². The molecule has 120 valence electrons. The average Bonchev–Trinajstić information content (AvgIpc) is 2.85. The van der Waals surface area contributed by atoms with E-state index in [1.807, 2.05) is 17.0 Å². The molecule has 0 bridgehead atoms. The minimum atomic E-state index is -0.460. The molecule has 1 spiro atoms. The Morgan fingerprint density at radius 2 is 1.83 bits per heavy atom. The van der Waals surface area contributed by atoms with Crippen LogP contribution in [0.2, 0.25) is 0 Å². The zero-order valence-electron chi connectivity index (χ0n) is 13.3. The molecule has 1 aromatic rings. The summed E-state index contributed by atoms with van der Waals surface area (Å²) in [5.41, 5.74) is 2.74. The summed E-state index contributed by atoms with van der Waals surface area (Å²) in [5, 5.41) is 0. The molecule has 1 amide bonds. The number of amides is 1. The number of fused-ring (bicyclic) bond motifs is 1. The van der Waals surface area contributed by atoms with Gasteiger partial charge < -0.3 is 14.4 Å². The van der Waals surface area contributed by atoms with Crippen LogP contribution in [0.5, 0.6) is 11.5 Å². The maximum Gasteiger partial charge on any atom is 0.227 e. The van der Waals surface area contributed by atoms with Gasteiger partial charge in [0.15, 0.2) is 17.3 Å². The molecule has 3 aliphatic rings. The van der Waals surface area contributed by atoms with Crippen LogP contribution in [0, 0.1) is 0 Å². The van der Waals surface area contributed by atoms with E-state index in [0.29, 0.717) is 37.3 Å². The number of ketones is 1. The van der Waals surface area contributed by atoms with Gasteiger partial charge in [0.25, 0.3) is 0 Å². The molecule has 1 fully saturated rings. The van der Waals surface area contributed by atoms with Crippen molar-refractivity contribution in [3.05, 3.63) is 34.9 Å². The van der Waals surface area contributed by atoms with Crippen molar-refractivity contribution in [3.8, 4) is 11.5 Å². The lowest BCUT2D eigenvalue weighted by Gasteiger charge is -2.46. The van der Waals surface area contributed by atoms with E-state index in [-0.39, 0.29) is 11.7 Å². The molecule has 0 aromatic heterocycles. The van der Waals surface area contributed by atoms with Gasteiger partial charge in [-0.05, 0) is 47.8 Å². The number of carbonyl (C=O) groups is 2. The second-order valence-electron chi connectivity index (χ2n) is 6.33. The number of allylic oxidation sites excluding steroid dienone is 1. The summed E-state index contributed by atoms with van der Waals surface area (Å²) in [6.45, 7) is 0.687. The zero-order chi connectivity index (χ0) is 16.2. The highest BCUT2D eigenvalue weighted by atomic mass is 16.5. The third-order valence-electron chi connectivity index (χ3n) is 5.36. The molecule has 2 aliphatic heterocycles. The molecular formula is C18H19NO4. The smallest absolute Gasteiger partial charge is 0.227 e. The number of benzene rings is 1. The first-order chi connectivity index (χ1) is 11.1. The highest BCUT2D eigenvalue weighted by Gasteiger charge is 2.54. The second-order valence-corrected chi connectivity index (χ2v) is 6.33. The van der Waals surface area contributed by atoms with Crippen LogP contribution < -0.4 is 9.47 Å². The summed E-state index contributed by atoms with van der Waals surface area (Å²) in [7, 11) is 3.24. The van der Waals surface area contributed by atoms with Gasteiger partial charge >= 0.3 is 0 Å². The van der Waals surface area contributed by atoms with Crippen LogP contribution >= 0.6 is 0 Å². The van der Waals surface area contributed by atoms with Gasteiger partial charge in [0.05, 0.1) is 26.2 Å². The third-order valence-corrected chi connectivity index (χ3v) is 5.36. The van der Waals surface area contributed by atoms with Gasteiger partial charge in [-0.1, -0.05) is 0 Å². The summed E-state index contributed by atoms with van der Waals surface area (Å²) in [6, 6.07) is 4.00. The topological polar surface area (TPSA) is 55.8 Å². The Kier molecular flexibility index (Phi) is 3.01. The molecule has 5 heteroatoms. The Morgan fingerprint density at radius 1 is 1.09 bits per heavy atom. The van der Waals surface area contributed by atoms with E-state index in [0.717, 1.165) is 17.6 Å². The van der Waals surface area contributed by atoms with Crippen molar-refractivity contribution in [1.29, 1.82) is 0 Å². The molecule has 1 aliphatic carbocycles. The lowest BCUT2D eigenvalue weighted by Crippen LogP contribution is -2.50. The van der Waals surface area contributed by atoms with E-state index in [1.54, 1.807) is 20.3 Å². The lowest BCUT2D eigenvalue weighted by molar-refractivity contribution is -0.132. The maximum atomic E-state index is 12.5. The van der Waals surface area contributed by atoms with Crippen LogP contribution in [0.4, 0.5) is 0 Å². The van der Waals surface area contributed by atoms with Gasteiger partial charge in [-0.25, -0.2) is 0 Å². The monoisotopic (exact) mass is 313 g/mol. The molecule has 2 heterocycles. The number of ether oxygens (including phenoxy) is 2. The Hall–Kier alpha value is -2.30. The Balaban J connectivity index is 1.97. The number of hydrogen-bond acceptors (Lipinski definition) is 4. The van der Waals surface area contributed by atoms with Gasteiger partial charge in [-0.3, -0.25) is 9.59 Å². The molecule has 5 nitrogen and oxygen atoms in total. The number of hydrogen-bond donors (Lipinski definition) is 0. The minimum Gasteiger partial charge on any atom is -0.493 e. The predicted molar refractivity (Wildman–Crippen MR) is 83.6 cm³/mol. The first-order valence-corrected chi connectivity index (χ1v) is 7.90. The van der Waals surface area contributed by atoms with Crippen molar-refractivity contribution in [2.45, 2.75) is 31.2 Å². The fraction of sp³-hybridized carbons (Fsp3) is 0.444. The Bertz CT molecular complexity index is 752. The number of methoxy groups -OCH3 is 2. The van der Waals surface area contributed by atoms with E-state index in [9.17, 15) is 9.59 Å². The lowest BCUT2D eigenvalue weighted by atomic mass is 9.71. The first-order valence-electron chi connectivity index (χ1n) is 7.90. The van der Waals surface area contributed by atoms with Crippen LogP contribution in [-0.2, 0) is 21.5 Å². The van der Waals surface area contributed by atoms with E-state index < -0.39 is 5.54 Å². The van der Waals surface area contributed by atoms with Gasteiger partial charge in [0, 0.05) is 13.0 Å². The molecule has 1 unspecified atom stereocenters.